The van der Waals surface area contributed by atoms with Crippen LogP contribution in [0.3, 0.4) is 0 Å². The molecule has 0 saturated carbocycles. The van der Waals surface area contributed by atoms with Crippen molar-refractivity contribution >= 4 is 5.91 Å². The van der Waals surface area contributed by atoms with E-state index in [4.69, 9.17) is 4.74 Å². The summed E-state index contributed by atoms with van der Waals surface area (Å²) in [4.78, 5) is 18.7. The second-order valence-electron chi connectivity index (χ2n) is 6.44. The number of carbonyl (C=O) groups excluding carboxylic acids is 1. The lowest BCUT2D eigenvalue weighted by molar-refractivity contribution is 0.0595. The van der Waals surface area contributed by atoms with Gasteiger partial charge in [0.2, 0.25) is 0 Å². The molecule has 3 heterocycles. The van der Waals surface area contributed by atoms with Crippen LogP contribution in [0, 0.1) is 0 Å². The number of nitrogens with zero attached hydrogens (tertiary/aromatic N) is 3. The van der Waals surface area contributed by atoms with Gasteiger partial charge in [0.15, 0.2) is 0 Å². The third-order valence-corrected chi connectivity index (χ3v) is 4.68. The Morgan fingerprint density at radius 1 is 1.00 bits per heavy atom. The predicted octanol–water partition coefficient (Wildman–Crippen LogP) is 3.56. The second kappa shape index (κ2) is 7.44. The number of pyridine rings is 1. The van der Waals surface area contributed by atoms with Crippen LogP contribution in [0.15, 0.2) is 73.3 Å². The zero-order valence-electron chi connectivity index (χ0n) is 14.5. The summed E-state index contributed by atoms with van der Waals surface area (Å²) in [5.41, 5.74) is 1.78. The molecule has 0 aliphatic carbocycles. The summed E-state index contributed by atoms with van der Waals surface area (Å²) in [6.45, 7) is 1.42. The summed E-state index contributed by atoms with van der Waals surface area (Å²) in [6, 6.07) is 15.5. The molecule has 0 radical (unpaired) electrons. The molecule has 3 aromatic rings. The van der Waals surface area contributed by atoms with Crippen LogP contribution < -0.4 is 4.74 Å². The number of hydrogen-bond donors (Lipinski definition) is 0. The van der Waals surface area contributed by atoms with Gasteiger partial charge >= 0.3 is 0 Å². The number of rotatable bonds is 4. The first-order valence-corrected chi connectivity index (χ1v) is 8.89. The van der Waals surface area contributed by atoms with Crippen molar-refractivity contribution < 1.29 is 9.53 Å². The number of likely N-dealkylation sites (tertiary alicyclic amines) is 1. The molecule has 2 aromatic heterocycles. The highest BCUT2D eigenvalue weighted by atomic mass is 16.5. The van der Waals surface area contributed by atoms with Gasteiger partial charge in [0, 0.05) is 55.8 Å². The van der Waals surface area contributed by atoms with Crippen LogP contribution in [0.25, 0.3) is 5.69 Å². The summed E-state index contributed by atoms with van der Waals surface area (Å²) >= 11 is 0. The average Bonchev–Trinajstić information content (AvgIpc) is 3.24. The average molecular weight is 347 g/mol. The fraction of sp³-hybridized carbons (Fsp3) is 0.238. The van der Waals surface area contributed by atoms with Crippen molar-refractivity contribution in [2.24, 2.45) is 0 Å². The van der Waals surface area contributed by atoms with Crippen molar-refractivity contribution in [2.75, 3.05) is 13.1 Å². The number of amides is 1. The van der Waals surface area contributed by atoms with Crippen LogP contribution in [-0.4, -0.2) is 39.6 Å². The van der Waals surface area contributed by atoms with Crippen LogP contribution in [0.4, 0.5) is 0 Å². The number of carbonyl (C=O) groups is 1. The van der Waals surface area contributed by atoms with Crippen molar-refractivity contribution in [3.05, 3.63) is 78.9 Å². The van der Waals surface area contributed by atoms with Crippen molar-refractivity contribution in [3.8, 4) is 11.4 Å². The quantitative estimate of drug-likeness (QED) is 0.725. The maximum absolute atomic E-state index is 12.7. The molecule has 0 bridgehead atoms. The van der Waals surface area contributed by atoms with Crippen LogP contribution >= 0.6 is 0 Å². The summed E-state index contributed by atoms with van der Waals surface area (Å²) in [5, 5.41) is 0. The first-order valence-electron chi connectivity index (χ1n) is 8.89. The Kier molecular flexibility index (Phi) is 4.69. The van der Waals surface area contributed by atoms with E-state index in [2.05, 4.69) is 4.98 Å². The highest BCUT2D eigenvalue weighted by Gasteiger charge is 2.24. The number of benzene rings is 1. The lowest BCUT2D eigenvalue weighted by Gasteiger charge is -2.32. The molecule has 1 aliphatic heterocycles. The molecule has 26 heavy (non-hydrogen) atoms. The molecule has 5 heteroatoms. The Balaban J connectivity index is 1.34. The largest absolute Gasteiger partial charge is 0.489 e. The van der Waals surface area contributed by atoms with E-state index in [1.165, 1.54) is 0 Å². The molecular formula is C21H21N3O2. The number of piperidine rings is 1. The van der Waals surface area contributed by atoms with E-state index in [1.807, 2.05) is 70.4 Å². The molecule has 1 amide bonds. The molecule has 5 nitrogen and oxygen atoms in total. The van der Waals surface area contributed by atoms with Gasteiger partial charge in [0.05, 0.1) is 6.20 Å². The van der Waals surface area contributed by atoms with Crippen molar-refractivity contribution in [2.45, 2.75) is 18.9 Å². The van der Waals surface area contributed by atoms with E-state index in [0.29, 0.717) is 13.1 Å². The van der Waals surface area contributed by atoms with Gasteiger partial charge in [-0.05, 0) is 48.5 Å². The Morgan fingerprint density at radius 3 is 2.38 bits per heavy atom. The summed E-state index contributed by atoms with van der Waals surface area (Å²) < 4.78 is 7.97. The molecular weight excluding hydrogens is 326 g/mol. The normalized spacial score (nSPS) is 15.0. The first-order chi connectivity index (χ1) is 12.8. The molecule has 0 spiro atoms. The van der Waals surface area contributed by atoms with Crippen LogP contribution in [0.1, 0.15) is 23.2 Å². The summed E-state index contributed by atoms with van der Waals surface area (Å²) in [5.74, 6) is 0.877. The van der Waals surface area contributed by atoms with Gasteiger partial charge in [-0.15, -0.1) is 0 Å². The van der Waals surface area contributed by atoms with E-state index in [-0.39, 0.29) is 12.0 Å². The van der Waals surface area contributed by atoms with E-state index < -0.39 is 0 Å². The van der Waals surface area contributed by atoms with Crippen LogP contribution in [-0.2, 0) is 0 Å². The topological polar surface area (TPSA) is 47.4 Å². The third kappa shape index (κ3) is 3.61. The molecule has 0 N–H and O–H groups in total. The lowest BCUT2D eigenvalue weighted by atomic mass is 10.1. The van der Waals surface area contributed by atoms with Gasteiger partial charge in [-0.2, -0.15) is 0 Å². The Hall–Kier alpha value is -3.08. The number of ether oxygens (including phenoxy) is 1. The van der Waals surface area contributed by atoms with Gasteiger partial charge in [-0.1, -0.05) is 0 Å². The van der Waals surface area contributed by atoms with E-state index in [9.17, 15) is 4.79 Å². The van der Waals surface area contributed by atoms with Gasteiger partial charge in [0.1, 0.15) is 11.9 Å². The zero-order valence-corrected chi connectivity index (χ0v) is 14.5. The minimum Gasteiger partial charge on any atom is -0.489 e. The van der Waals surface area contributed by atoms with Crippen LogP contribution in [0.5, 0.6) is 5.75 Å². The number of aromatic nitrogens is 2. The highest BCUT2D eigenvalue weighted by molar-refractivity contribution is 5.94. The van der Waals surface area contributed by atoms with E-state index >= 15 is 0 Å². The Labute approximate surface area is 152 Å². The van der Waals surface area contributed by atoms with Crippen molar-refractivity contribution in [1.29, 1.82) is 0 Å². The molecule has 0 unspecified atom stereocenters. The molecule has 1 aliphatic rings. The van der Waals surface area contributed by atoms with Gasteiger partial charge in [-0.25, -0.2) is 0 Å². The maximum atomic E-state index is 12.7. The lowest BCUT2D eigenvalue weighted by Crippen LogP contribution is -2.41. The Morgan fingerprint density at radius 2 is 1.73 bits per heavy atom. The summed E-state index contributed by atoms with van der Waals surface area (Å²) in [7, 11) is 0. The maximum Gasteiger partial charge on any atom is 0.253 e. The van der Waals surface area contributed by atoms with Crippen LogP contribution in [0.2, 0.25) is 0 Å². The standard InChI is InChI=1S/C21H21N3O2/c25-21(17-5-7-18(8-6-17)23-12-1-2-13-23)24-14-9-19(10-15-24)26-20-4-3-11-22-16-20/h1-8,11-13,16,19H,9-10,14-15H2. The first kappa shape index (κ1) is 16.4. The second-order valence-corrected chi connectivity index (χ2v) is 6.44. The summed E-state index contributed by atoms with van der Waals surface area (Å²) in [6.07, 6.45) is 9.25. The highest BCUT2D eigenvalue weighted by Crippen LogP contribution is 2.20. The van der Waals surface area contributed by atoms with Gasteiger partial charge in [-0.3, -0.25) is 9.78 Å². The molecule has 1 aromatic carbocycles. The Bertz CT molecular complexity index is 837. The minimum absolute atomic E-state index is 0.0869. The monoisotopic (exact) mass is 347 g/mol. The van der Waals surface area contributed by atoms with Gasteiger partial charge in [0.25, 0.3) is 5.91 Å². The molecule has 1 fully saturated rings. The van der Waals surface area contributed by atoms with Crippen molar-refractivity contribution in [1.82, 2.24) is 14.5 Å². The molecule has 4 rings (SSSR count). The smallest absolute Gasteiger partial charge is 0.253 e. The van der Waals surface area contributed by atoms with E-state index in [1.54, 1.807) is 12.4 Å². The predicted molar refractivity (Wildman–Crippen MR) is 99.6 cm³/mol. The van der Waals surface area contributed by atoms with Crippen molar-refractivity contribution in [3.63, 3.8) is 0 Å². The fourth-order valence-electron chi connectivity index (χ4n) is 3.25. The zero-order chi connectivity index (χ0) is 17.8. The molecule has 0 atom stereocenters. The van der Waals surface area contributed by atoms with Gasteiger partial charge < -0.3 is 14.2 Å². The molecule has 1 saturated heterocycles. The SMILES string of the molecule is O=C(c1ccc(-n2cccc2)cc1)N1CCC(Oc2cccnc2)CC1. The third-order valence-electron chi connectivity index (χ3n) is 4.68. The fourth-order valence-corrected chi connectivity index (χ4v) is 3.25. The minimum atomic E-state index is 0.0869. The molecule has 132 valence electrons. The number of hydrogen-bond acceptors (Lipinski definition) is 3. The van der Waals surface area contributed by atoms with E-state index in [0.717, 1.165) is 29.8 Å².